The summed E-state index contributed by atoms with van der Waals surface area (Å²) in [5, 5.41) is 9.56. The van der Waals surface area contributed by atoms with E-state index in [9.17, 15) is 9.90 Å². The van der Waals surface area contributed by atoms with Crippen LogP contribution in [0.25, 0.3) is 0 Å². The molecular formula is C20H24O5. The topological polar surface area (TPSA) is 65.0 Å². The van der Waals surface area contributed by atoms with Crippen molar-refractivity contribution in [3.8, 4) is 11.5 Å². The van der Waals surface area contributed by atoms with E-state index < -0.39 is 5.97 Å². The van der Waals surface area contributed by atoms with Gasteiger partial charge in [0.05, 0.1) is 25.4 Å². The Kier molecular flexibility index (Phi) is 7.29. The number of aliphatic hydroxyl groups is 1. The van der Waals surface area contributed by atoms with E-state index in [1.165, 1.54) is 0 Å². The molecule has 0 saturated heterocycles. The largest absolute Gasteiger partial charge is 0.494 e. The quantitative estimate of drug-likeness (QED) is 0.706. The molecule has 0 fully saturated rings. The van der Waals surface area contributed by atoms with Gasteiger partial charge in [-0.25, -0.2) is 4.79 Å². The molecule has 134 valence electrons. The SMILES string of the molecule is CCOc1cc(OCC)cc(C(=O)OCC(CO)c2ccccc2)c1. The van der Waals surface area contributed by atoms with Gasteiger partial charge in [-0.05, 0) is 31.5 Å². The van der Waals surface area contributed by atoms with E-state index in [1.807, 2.05) is 44.2 Å². The number of aliphatic hydroxyl groups excluding tert-OH is 1. The maximum Gasteiger partial charge on any atom is 0.338 e. The molecule has 5 heteroatoms. The first-order chi connectivity index (χ1) is 12.2. The fourth-order valence-corrected chi connectivity index (χ4v) is 2.43. The Labute approximate surface area is 148 Å². The molecule has 2 rings (SSSR count). The Morgan fingerprint density at radius 3 is 2.12 bits per heavy atom. The van der Waals surface area contributed by atoms with E-state index in [4.69, 9.17) is 14.2 Å². The maximum absolute atomic E-state index is 12.4. The van der Waals surface area contributed by atoms with Gasteiger partial charge in [0.1, 0.15) is 18.1 Å². The maximum atomic E-state index is 12.4. The second-order valence-electron chi connectivity index (χ2n) is 5.45. The van der Waals surface area contributed by atoms with Crippen molar-refractivity contribution in [1.29, 1.82) is 0 Å². The van der Waals surface area contributed by atoms with Crippen molar-refractivity contribution < 1.29 is 24.1 Å². The lowest BCUT2D eigenvalue weighted by Gasteiger charge is -2.15. The Balaban J connectivity index is 2.08. The smallest absolute Gasteiger partial charge is 0.338 e. The molecule has 1 N–H and O–H groups in total. The lowest BCUT2D eigenvalue weighted by molar-refractivity contribution is 0.0449. The molecule has 0 radical (unpaired) electrons. The van der Waals surface area contributed by atoms with Gasteiger partial charge in [-0.1, -0.05) is 30.3 Å². The average Bonchev–Trinajstić information content (AvgIpc) is 2.63. The van der Waals surface area contributed by atoms with Crippen LogP contribution in [-0.4, -0.2) is 37.5 Å². The minimum absolute atomic E-state index is 0.0968. The lowest BCUT2D eigenvalue weighted by atomic mass is 10.0. The summed E-state index contributed by atoms with van der Waals surface area (Å²) in [7, 11) is 0. The Bertz CT molecular complexity index is 645. The first-order valence-corrected chi connectivity index (χ1v) is 8.41. The van der Waals surface area contributed by atoms with Crippen LogP contribution < -0.4 is 9.47 Å². The van der Waals surface area contributed by atoms with Gasteiger partial charge in [0.25, 0.3) is 0 Å². The van der Waals surface area contributed by atoms with Crippen LogP contribution in [0.1, 0.15) is 35.7 Å². The van der Waals surface area contributed by atoms with Gasteiger partial charge < -0.3 is 19.3 Å². The van der Waals surface area contributed by atoms with Gasteiger partial charge in [0.15, 0.2) is 0 Å². The van der Waals surface area contributed by atoms with Crippen LogP contribution in [0.5, 0.6) is 11.5 Å². The van der Waals surface area contributed by atoms with Gasteiger partial charge in [0, 0.05) is 12.0 Å². The van der Waals surface area contributed by atoms with E-state index in [0.29, 0.717) is 30.3 Å². The number of ether oxygens (including phenoxy) is 3. The van der Waals surface area contributed by atoms with Crippen molar-refractivity contribution >= 4 is 5.97 Å². The molecule has 0 spiro atoms. The van der Waals surface area contributed by atoms with E-state index in [-0.39, 0.29) is 19.1 Å². The molecule has 1 atom stereocenters. The molecule has 2 aromatic carbocycles. The normalized spacial score (nSPS) is 11.6. The summed E-state index contributed by atoms with van der Waals surface area (Å²) in [5.41, 5.74) is 1.29. The standard InChI is InChI=1S/C20H24O5/c1-3-23-18-10-16(11-19(12-18)24-4-2)20(22)25-14-17(13-21)15-8-6-5-7-9-15/h5-12,17,21H,3-4,13-14H2,1-2H3. The zero-order valence-corrected chi connectivity index (χ0v) is 14.6. The van der Waals surface area contributed by atoms with Crippen molar-refractivity contribution in [2.45, 2.75) is 19.8 Å². The number of benzene rings is 2. The molecule has 0 amide bonds. The van der Waals surface area contributed by atoms with Crippen LogP contribution in [0.3, 0.4) is 0 Å². The number of rotatable bonds is 9. The molecule has 2 aromatic rings. The fraction of sp³-hybridized carbons (Fsp3) is 0.350. The number of hydrogen-bond acceptors (Lipinski definition) is 5. The van der Waals surface area contributed by atoms with Gasteiger partial charge in [-0.15, -0.1) is 0 Å². The van der Waals surface area contributed by atoms with Gasteiger partial charge >= 0.3 is 5.97 Å². The molecule has 0 heterocycles. The molecule has 0 bridgehead atoms. The first-order valence-electron chi connectivity index (χ1n) is 8.41. The van der Waals surface area contributed by atoms with Crippen molar-refractivity contribution in [2.75, 3.05) is 26.4 Å². The van der Waals surface area contributed by atoms with Crippen LogP contribution in [0.4, 0.5) is 0 Å². The summed E-state index contributed by atoms with van der Waals surface area (Å²) in [4.78, 5) is 12.4. The zero-order chi connectivity index (χ0) is 18.1. The summed E-state index contributed by atoms with van der Waals surface area (Å²) in [6, 6.07) is 14.5. The van der Waals surface area contributed by atoms with Crippen LogP contribution >= 0.6 is 0 Å². The van der Waals surface area contributed by atoms with Gasteiger partial charge in [-0.3, -0.25) is 0 Å². The predicted molar refractivity (Wildman–Crippen MR) is 95.3 cm³/mol. The van der Waals surface area contributed by atoms with Crippen LogP contribution in [0.2, 0.25) is 0 Å². The molecule has 25 heavy (non-hydrogen) atoms. The second-order valence-corrected chi connectivity index (χ2v) is 5.45. The highest BCUT2D eigenvalue weighted by Gasteiger charge is 2.16. The first kappa shape index (κ1) is 18.8. The molecule has 0 saturated carbocycles. The molecule has 0 aromatic heterocycles. The minimum atomic E-state index is -0.475. The highest BCUT2D eigenvalue weighted by atomic mass is 16.5. The third-order valence-electron chi connectivity index (χ3n) is 3.64. The minimum Gasteiger partial charge on any atom is -0.494 e. The third-order valence-corrected chi connectivity index (χ3v) is 3.64. The van der Waals surface area contributed by atoms with Gasteiger partial charge in [-0.2, -0.15) is 0 Å². The van der Waals surface area contributed by atoms with Crippen molar-refractivity contribution in [3.63, 3.8) is 0 Å². The fourth-order valence-electron chi connectivity index (χ4n) is 2.43. The van der Waals surface area contributed by atoms with E-state index in [0.717, 1.165) is 5.56 Å². The van der Waals surface area contributed by atoms with Crippen molar-refractivity contribution in [3.05, 3.63) is 59.7 Å². The number of carbonyl (C=O) groups excluding carboxylic acids is 1. The van der Waals surface area contributed by atoms with Crippen LogP contribution in [0.15, 0.2) is 48.5 Å². The Hall–Kier alpha value is -2.53. The number of carbonyl (C=O) groups is 1. The Morgan fingerprint density at radius 1 is 1.00 bits per heavy atom. The molecule has 5 nitrogen and oxygen atoms in total. The average molecular weight is 344 g/mol. The number of hydrogen-bond donors (Lipinski definition) is 1. The second kappa shape index (κ2) is 9.69. The number of esters is 1. The van der Waals surface area contributed by atoms with Gasteiger partial charge in [0.2, 0.25) is 0 Å². The van der Waals surface area contributed by atoms with E-state index in [2.05, 4.69) is 0 Å². The predicted octanol–water partition coefficient (Wildman–Crippen LogP) is 3.42. The summed E-state index contributed by atoms with van der Waals surface area (Å²) in [6.07, 6.45) is 0. The van der Waals surface area contributed by atoms with Crippen LogP contribution in [0, 0.1) is 0 Å². The molecule has 0 aliphatic carbocycles. The lowest BCUT2D eigenvalue weighted by Crippen LogP contribution is -2.16. The molecule has 0 aliphatic heterocycles. The Morgan fingerprint density at radius 2 is 1.60 bits per heavy atom. The highest BCUT2D eigenvalue weighted by Crippen LogP contribution is 2.24. The van der Waals surface area contributed by atoms with E-state index in [1.54, 1.807) is 18.2 Å². The van der Waals surface area contributed by atoms with E-state index >= 15 is 0 Å². The summed E-state index contributed by atoms with van der Waals surface area (Å²) >= 11 is 0. The molecule has 0 aliphatic rings. The summed E-state index contributed by atoms with van der Waals surface area (Å²) < 4.78 is 16.3. The van der Waals surface area contributed by atoms with Crippen molar-refractivity contribution in [2.24, 2.45) is 0 Å². The van der Waals surface area contributed by atoms with Crippen molar-refractivity contribution in [1.82, 2.24) is 0 Å². The molecule has 1 unspecified atom stereocenters. The monoisotopic (exact) mass is 344 g/mol. The van der Waals surface area contributed by atoms with Crippen LogP contribution in [-0.2, 0) is 4.74 Å². The summed E-state index contributed by atoms with van der Waals surface area (Å²) in [5.74, 6) is 0.382. The highest BCUT2D eigenvalue weighted by molar-refractivity contribution is 5.90. The zero-order valence-electron chi connectivity index (χ0n) is 14.6. The third kappa shape index (κ3) is 5.50. The molecular weight excluding hydrogens is 320 g/mol. The summed E-state index contributed by atoms with van der Waals surface area (Å²) in [6.45, 7) is 4.73.